The van der Waals surface area contributed by atoms with Crippen LogP contribution < -0.4 is 9.62 Å². The standard InChI is InChI=1S/C20H24N2O4S/c1-14-8-9-19(15(2)12-14)22(27(4,25)26)11-10-20(24)21-18-7-5-6-17(13-18)16(3)23/h5-9,12-13H,10-11H2,1-4H3,(H,21,24). The Hall–Kier alpha value is -2.67. The van der Waals surface area contributed by atoms with Gasteiger partial charge in [0.2, 0.25) is 15.9 Å². The van der Waals surface area contributed by atoms with Crippen LogP contribution in [0.15, 0.2) is 42.5 Å². The summed E-state index contributed by atoms with van der Waals surface area (Å²) in [5.41, 5.74) is 3.43. The molecule has 6 nitrogen and oxygen atoms in total. The van der Waals surface area contributed by atoms with Gasteiger partial charge in [0.1, 0.15) is 0 Å². The Balaban J connectivity index is 2.12. The van der Waals surface area contributed by atoms with Crippen LogP contribution in [0.2, 0.25) is 0 Å². The Labute approximate surface area is 160 Å². The van der Waals surface area contributed by atoms with E-state index in [2.05, 4.69) is 5.32 Å². The first-order valence-corrected chi connectivity index (χ1v) is 10.4. The summed E-state index contributed by atoms with van der Waals surface area (Å²) in [6, 6.07) is 12.1. The number of carbonyl (C=O) groups excluding carboxylic acids is 2. The van der Waals surface area contributed by atoms with Crippen LogP contribution in [0.25, 0.3) is 0 Å². The second kappa shape index (κ2) is 8.35. The van der Waals surface area contributed by atoms with Gasteiger partial charge in [-0.05, 0) is 44.5 Å². The quantitative estimate of drug-likeness (QED) is 0.738. The van der Waals surface area contributed by atoms with E-state index in [9.17, 15) is 18.0 Å². The van der Waals surface area contributed by atoms with Gasteiger partial charge in [-0.15, -0.1) is 0 Å². The SMILES string of the molecule is CC(=O)c1cccc(NC(=O)CCN(c2ccc(C)cc2C)S(C)(=O)=O)c1. The van der Waals surface area contributed by atoms with Crippen molar-refractivity contribution < 1.29 is 18.0 Å². The van der Waals surface area contributed by atoms with Crippen LogP contribution in [0.1, 0.15) is 34.8 Å². The average molecular weight is 388 g/mol. The van der Waals surface area contributed by atoms with Crippen molar-refractivity contribution >= 4 is 33.1 Å². The van der Waals surface area contributed by atoms with Gasteiger partial charge < -0.3 is 5.32 Å². The smallest absolute Gasteiger partial charge is 0.232 e. The number of anilines is 2. The van der Waals surface area contributed by atoms with Crippen molar-refractivity contribution in [3.05, 3.63) is 59.2 Å². The van der Waals surface area contributed by atoms with Gasteiger partial charge >= 0.3 is 0 Å². The zero-order valence-corrected chi connectivity index (χ0v) is 16.8. The van der Waals surface area contributed by atoms with E-state index < -0.39 is 10.0 Å². The zero-order chi connectivity index (χ0) is 20.2. The minimum atomic E-state index is -3.53. The lowest BCUT2D eigenvalue weighted by Gasteiger charge is -2.24. The van der Waals surface area contributed by atoms with Crippen molar-refractivity contribution in [2.45, 2.75) is 27.2 Å². The summed E-state index contributed by atoms with van der Waals surface area (Å²) in [6.07, 6.45) is 1.12. The lowest BCUT2D eigenvalue weighted by atomic mass is 10.1. The van der Waals surface area contributed by atoms with Crippen LogP contribution in [-0.2, 0) is 14.8 Å². The maximum Gasteiger partial charge on any atom is 0.232 e. The third-order valence-electron chi connectivity index (χ3n) is 4.12. The highest BCUT2D eigenvalue weighted by atomic mass is 32.2. The van der Waals surface area contributed by atoms with Gasteiger partial charge in [-0.3, -0.25) is 13.9 Å². The van der Waals surface area contributed by atoms with Crippen molar-refractivity contribution in [1.82, 2.24) is 0 Å². The molecule has 1 N–H and O–H groups in total. The first-order valence-electron chi connectivity index (χ1n) is 8.54. The molecule has 7 heteroatoms. The first kappa shape index (κ1) is 20.6. The fourth-order valence-electron chi connectivity index (χ4n) is 2.79. The maximum atomic E-state index is 12.3. The van der Waals surface area contributed by atoms with E-state index in [1.165, 1.54) is 11.2 Å². The summed E-state index contributed by atoms with van der Waals surface area (Å²) in [4.78, 5) is 23.7. The summed E-state index contributed by atoms with van der Waals surface area (Å²) in [5.74, 6) is -0.418. The van der Waals surface area contributed by atoms with Crippen molar-refractivity contribution in [2.24, 2.45) is 0 Å². The van der Waals surface area contributed by atoms with Crippen molar-refractivity contribution in [1.29, 1.82) is 0 Å². The van der Waals surface area contributed by atoms with Crippen LogP contribution in [0, 0.1) is 13.8 Å². The first-order chi connectivity index (χ1) is 12.6. The number of benzene rings is 2. The molecule has 0 fully saturated rings. The number of hydrogen-bond acceptors (Lipinski definition) is 4. The highest BCUT2D eigenvalue weighted by molar-refractivity contribution is 7.92. The molecule has 2 aromatic carbocycles. The highest BCUT2D eigenvalue weighted by Gasteiger charge is 2.20. The number of hydrogen-bond donors (Lipinski definition) is 1. The van der Waals surface area contributed by atoms with E-state index in [1.807, 2.05) is 26.0 Å². The number of Topliss-reactive ketones (excluding diaryl/α,β-unsaturated/α-hetero) is 1. The third kappa shape index (κ3) is 5.65. The monoisotopic (exact) mass is 388 g/mol. The van der Waals surface area contributed by atoms with E-state index in [-0.39, 0.29) is 24.7 Å². The van der Waals surface area contributed by atoms with Gasteiger partial charge in [-0.1, -0.05) is 29.8 Å². The van der Waals surface area contributed by atoms with Crippen LogP contribution in [0.4, 0.5) is 11.4 Å². The molecule has 0 aliphatic heterocycles. The molecule has 27 heavy (non-hydrogen) atoms. The highest BCUT2D eigenvalue weighted by Crippen LogP contribution is 2.24. The van der Waals surface area contributed by atoms with E-state index in [0.29, 0.717) is 16.9 Å². The molecule has 0 radical (unpaired) electrons. The van der Waals surface area contributed by atoms with Gasteiger partial charge in [0.15, 0.2) is 5.78 Å². The Morgan fingerprint density at radius 2 is 1.78 bits per heavy atom. The molecular weight excluding hydrogens is 364 g/mol. The summed E-state index contributed by atoms with van der Waals surface area (Å²) in [7, 11) is -3.53. The predicted octanol–water partition coefficient (Wildman–Crippen LogP) is 3.30. The van der Waals surface area contributed by atoms with E-state index >= 15 is 0 Å². The Morgan fingerprint density at radius 3 is 2.37 bits per heavy atom. The van der Waals surface area contributed by atoms with Crippen LogP contribution in [0.3, 0.4) is 0 Å². The fraction of sp³-hybridized carbons (Fsp3) is 0.300. The molecule has 0 atom stereocenters. The molecule has 0 unspecified atom stereocenters. The fourth-order valence-corrected chi connectivity index (χ4v) is 3.78. The van der Waals surface area contributed by atoms with Crippen molar-refractivity contribution in [2.75, 3.05) is 22.4 Å². The lowest BCUT2D eigenvalue weighted by molar-refractivity contribution is -0.116. The van der Waals surface area contributed by atoms with E-state index in [4.69, 9.17) is 0 Å². The molecule has 0 aliphatic carbocycles. The molecular formula is C20H24N2O4S. The number of nitrogens with zero attached hydrogens (tertiary/aromatic N) is 1. The number of nitrogens with one attached hydrogen (secondary N) is 1. The summed E-state index contributed by atoms with van der Waals surface area (Å²) >= 11 is 0. The van der Waals surface area contributed by atoms with Gasteiger partial charge in [-0.2, -0.15) is 0 Å². The van der Waals surface area contributed by atoms with Gasteiger partial charge in [0.25, 0.3) is 0 Å². The van der Waals surface area contributed by atoms with Gasteiger partial charge in [0, 0.05) is 24.2 Å². The third-order valence-corrected chi connectivity index (χ3v) is 5.30. The predicted molar refractivity (Wildman–Crippen MR) is 108 cm³/mol. The molecule has 1 amide bonds. The Kier molecular flexibility index (Phi) is 6.38. The molecule has 0 saturated carbocycles. The van der Waals surface area contributed by atoms with E-state index in [1.54, 1.807) is 30.3 Å². The van der Waals surface area contributed by atoms with Crippen LogP contribution in [-0.4, -0.2) is 32.9 Å². The van der Waals surface area contributed by atoms with Crippen LogP contribution >= 0.6 is 0 Å². The second-order valence-electron chi connectivity index (χ2n) is 6.56. The molecule has 0 aliphatic rings. The van der Waals surface area contributed by atoms with Gasteiger partial charge in [0.05, 0.1) is 11.9 Å². The zero-order valence-electron chi connectivity index (χ0n) is 15.9. The number of ketones is 1. The van der Waals surface area contributed by atoms with Crippen LogP contribution in [0.5, 0.6) is 0 Å². The largest absolute Gasteiger partial charge is 0.326 e. The number of rotatable bonds is 7. The van der Waals surface area contributed by atoms with Crippen molar-refractivity contribution in [3.8, 4) is 0 Å². The molecule has 0 spiro atoms. The Bertz CT molecular complexity index is 968. The molecule has 2 aromatic rings. The summed E-state index contributed by atoms with van der Waals surface area (Å²) in [5, 5.41) is 2.71. The van der Waals surface area contributed by atoms with E-state index in [0.717, 1.165) is 17.4 Å². The number of sulfonamides is 1. The molecule has 0 bridgehead atoms. The number of amides is 1. The second-order valence-corrected chi connectivity index (χ2v) is 8.47. The van der Waals surface area contributed by atoms with Crippen molar-refractivity contribution in [3.63, 3.8) is 0 Å². The average Bonchev–Trinajstić information content (AvgIpc) is 2.55. The molecule has 2 rings (SSSR count). The molecule has 0 saturated heterocycles. The molecule has 0 aromatic heterocycles. The summed E-state index contributed by atoms with van der Waals surface area (Å²) in [6.45, 7) is 5.26. The Morgan fingerprint density at radius 1 is 1.07 bits per heavy atom. The number of aryl methyl sites for hydroxylation is 2. The summed E-state index contributed by atoms with van der Waals surface area (Å²) < 4.78 is 25.7. The molecule has 0 heterocycles. The normalized spacial score (nSPS) is 11.1. The molecule has 144 valence electrons. The maximum absolute atomic E-state index is 12.3. The minimum Gasteiger partial charge on any atom is -0.326 e. The minimum absolute atomic E-state index is 0.00924. The van der Waals surface area contributed by atoms with Gasteiger partial charge in [-0.25, -0.2) is 8.42 Å². The topological polar surface area (TPSA) is 83.6 Å². The lowest BCUT2D eigenvalue weighted by Crippen LogP contribution is -2.33. The number of carbonyl (C=O) groups is 2.